The molecule has 1 aromatic heterocycles. The second-order valence-corrected chi connectivity index (χ2v) is 5.42. The van der Waals surface area contributed by atoms with Crippen molar-refractivity contribution in [1.29, 1.82) is 0 Å². The molecule has 10 heteroatoms. The monoisotopic (exact) mass is 344 g/mol. The molecule has 0 unspecified atom stereocenters. The maximum Gasteiger partial charge on any atom is 0.252 e. The molecule has 1 heterocycles. The van der Waals surface area contributed by atoms with Crippen LogP contribution < -0.4 is 11.1 Å². The van der Waals surface area contributed by atoms with E-state index in [4.69, 9.17) is 12.3 Å². The van der Waals surface area contributed by atoms with E-state index in [0.717, 1.165) is 17.6 Å². The predicted octanol–water partition coefficient (Wildman–Crippen LogP) is 3.18. The number of benzene rings is 1. The number of aromatic nitrogens is 1. The summed E-state index contributed by atoms with van der Waals surface area (Å²) in [6.45, 7) is 10.1. The van der Waals surface area contributed by atoms with E-state index in [9.17, 15) is 14.7 Å². The number of carbonyl (C=O) groups is 2. The Morgan fingerprint density at radius 1 is 1.42 bits per heavy atom. The van der Waals surface area contributed by atoms with Gasteiger partial charge in [-0.2, -0.15) is 0 Å². The minimum absolute atomic E-state index is 0.110. The Morgan fingerprint density at radius 2 is 2.12 bits per heavy atom. The summed E-state index contributed by atoms with van der Waals surface area (Å²) in [6.07, 6.45) is 0. The van der Waals surface area contributed by atoms with Crippen molar-refractivity contribution in [2.45, 2.75) is 13.8 Å². The summed E-state index contributed by atoms with van der Waals surface area (Å²) < 4.78 is 4.02. The number of nitrogens with one attached hydrogen (secondary N) is 1. The normalized spacial score (nSPS) is 10.5. The van der Waals surface area contributed by atoms with Crippen molar-refractivity contribution in [3.8, 4) is 5.75 Å². The van der Waals surface area contributed by atoms with Crippen LogP contribution in [-0.2, 0) is 4.79 Å². The van der Waals surface area contributed by atoms with Crippen LogP contribution in [-0.4, -0.2) is 21.3 Å². The zero-order valence-electron chi connectivity index (χ0n) is 12.7. The highest BCUT2D eigenvalue weighted by atomic mass is 32.1. The first-order valence-corrected chi connectivity index (χ1v) is 7.30. The SMILES string of the molecule is [C-]#[N+]c1c(C)nsc1N=Nc1cc(C(N)=O)c(O)cc1NC(C)=O. The van der Waals surface area contributed by atoms with Gasteiger partial charge in [-0.3, -0.25) is 9.59 Å². The molecule has 0 bridgehead atoms. The third kappa shape index (κ3) is 3.53. The molecule has 122 valence electrons. The van der Waals surface area contributed by atoms with Crippen LogP contribution in [0.25, 0.3) is 4.85 Å². The van der Waals surface area contributed by atoms with Crippen LogP contribution in [0, 0.1) is 13.5 Å². The van der Waals surface area contributed by atoms with E-state index < -0.39 is 11.8 Å². The molecule has 2 aromatic rings. The molecule has 2 amide bonds. The number of hydrogen-bond acceptors (Lipinski definition) is 7. The summed E-state index contributed by atoms with van der Waals surface area (Å²) in [5.74, 6) is -1.64. The highest BCUT2D eigenvalue weighted by Gasteiger charge is 2.15. The number of anilines is 1. The average Bonchev–Trinajstić information content (AvgIpc) is 2.85. The van der Waals surface area contributed by atoms with E-state index in [-0.39, 0.29) is 28.4 Å². The Kier molecular flexibility index (Phi) is 4.86. The van der Waals surface area contributed by atoms with Gasteiger partial charge in [0.05, 0.1) is 23.5 Å². The number of phenols is 1. The lowest BCUT2D eigenvalue weighted by Crippen LogP contribution is -2.12. The van der Waals surface area contributed by atoms with E-state index in [1.165, 1.54) is 13.0 Å². The maximum atomic E-state index is 11.3. The summed E-state index contributed by atoms with van der Waals surface area (Å²) >= 11 is 1.00. The van der Waals surface area contributed by atoms with Gasteiger partial charge in [0.15, 0.2) is 5.00 Å². The number of hydrogen-bond donors (Lipinski definition) is 3. The first-order valence-electron chi connectivity index (χ1n) is 6.53. The Hall–Kier alpha value is -3.32. The average molecular weight is 344 g/mol. The minimum Gasteiger partial charge on any atom is -0.507 e. The van der Waals surface area contributed by atoms with Gasteiger partial charge in [0.2, 0.25) is 11.6 Å². The van der Waals surface area contributed by atoms with Gasteiger partial charge < -0.3 is 16.2 Å². The van der Waals surface area contributed by atoms with Crippen LogP contribution in [0.15, 0.2) is 22.4 Å². The van der Waals surface area contributed by atoms with Crippen LogP contribution >= 0.6 is 11.5 Å². The second-order valence-electron chi connectivity index (χ2n) is 4.67. The smallest absolute Gasteiger partial charge is 0.252 e. The fourth-order valence-corrected chi connectivity index (χ4v) is 2.46. The molecule has 0 aliphatic heterocycles. The Labute approximate surface area is 140 Å². The third-order valence-electron chi connectivity index (χ3n) is 2.86. The van der Waals surface area contributed by atoms with Gasteiger partial charge in [0, 0.05) is 13.0 Å². The fraction of sp³-hybridized carbons (Fsp3) is 0.143. The summed E-state index contributed by atoms with van der Waals surface area (Å²) in [4.78, 5) is 25.9. The Balaban J connectivity index is 2.52. The number of carbonyl (C=O) groups excluding carboxylic acids is 2. The molecule has 0 aliphatic rings. The molecule has 0 spiro atoms. The van der Waals surface area contributed by atoms with Crippen LogP contribution in [0.3, 0.4) is 0 Å². The van der Waals surface area contributed by atoms with Crippen molar-refractivity contribution in [2.75, 3.05) is 5.32 Å². The van der Waals surface area contributed by atoms with Gasteiger partial charge in [0.25, 0.3) is 5.91 Å². The first kappa shape index (κ1) is 17.0. The number of amides is 2. The number of aryl methyl sites for hydroxylation is 1. The number of nitrogens with zero attached hydrogens (tertiary/aromatic N) is 4. The van der Waals surface area contributed by atoms with Crippen molar-refractivity contribution in [3.05, 3.63) is 34.8 Å². The molecule has 0 fully saturated rings. The Bertz CT molecular complexity index is 897. The molecule has 0 radical (unpaired) electrons. The molecule has 0 saturated heterocycles. The van der Waals surface area contributed by atoms with Crippen LogP contribution in [0.2, 0.25) is 0 Å². The van der Waals surface area contributed by atoms with Crippen molar-refractivity contribution < 1.29 is 14.7 Å². The molecule has 1 aromatic carbocycles. The van der Waals surface area contributed by atoms with Gasteiger partial charge in [-0.05, 0) is 24.5 Å². The summed E-state index contributed by atoms with van der Waals surface area (Å²) in [5, 5.41) is 20.5. The minimum atomic E-state index is -0.853. The molecule has 0 aliphatic carbocycles. The maximum absolute atomic E-state index is 11.3. The third-order valence-corrected chi connectivity index (χ3v) is 3.68. The van der Waals surface area contributed by atoms with Gasteiger partial charge in [0.1, 0.15) is 11.4 Å². The lowest BCUT2D eigenvalue weighted by atomic mass is 10.1. The van der Waals surface area contributed by atoms with E-state index in [1.807, 2.05) is 0 Å². The molecular weight excluding hydrogens is 332 g/mol. The summed E-state index contributed by atoms with van der Waals surface area (Å²) in [7, 11) is 0. The standard InChI is InChI=1S/C14H12N6O3S/c1-6-12(16-3)14(24-20-6)19-18-10-4-8(13(15)23)11(22)5-9(10)17-7(2)21/h4-5,22H,1-2H3,(H2,15,23)(H,17,21). The van der Waals surface area contributed by atoms with Crippen LogP contribution in [0.1, 0.15) is 23.0 Å². The van der Waals surface area contributed by atoms with Crippen molar-refractivity contribution >= 4 is 45.4 Å². The zero-order chi connectivity index (χ0) is 17.9. The molecule has 0 atom stereocenters. The largest absolute Gasteiger partial charge is 0.507 e. The van der Waals surface area contributed by atoms with Crippen molar-refractivity contribution in [2.24, 2.45) is 16.0 Å². The molecule has 24 heavy (non-hydrogen) atoms. The molecule has 2 rings (SSSR count). The highest BCUT2D eigenvalue weighted by molar-refractivity contribution is 7.10. The number of rotatable bonds is 4. The van der Waals surface area contributed by atoms with Gasteiger partial charge >= 0.3 is 0 Å². The molecule has 0 saturated carbocycles. The number of nitrogens with two attached hydrogens (primary N) is 1. The lowest BCUT2D eigenvalue weighted by Gasteiger charge is -2.08. The Morgan fingerprint density at radius 3 is 2.71 bits per heavy atom. The van der Waals surface area contributed by atoms with Crippen LogP contribution in [0.4, 0.5) is 22.1 Å². The quantitative estimate of drug-likeness (QED) is 0.580. The van der Waals surface area contributed by atoms with E-state index in [0.29, 0.717) is 10.7 Å². The van der Waals surface area contributed by atoms with Gasteiger partial charge in [-0.1, -0.05) is 0 Å². The number of aromatic hydroxyl groups is 1. The first-order chi connectivity index (χ1) is 11.3. The predicted molar refractivity (Wildman–Crippen MR) is 88.2 cm³/mol. The summed E-state index contributed by atoms with van der Waals surface area (Å²) in [5.41, 5.74) is 6.10. The summed E-state index contributed by atoms with van der Waals surface area (Å²) in [6, 6.07) is 2.36. The topological polar surface area (TPSA) is 134 Å². The van der Waals surface area contributed by atoms with Gasteiger partial charge in [-0.15, -0.1) is 10.2 Å². The molecular formula is C14H12N6O3S. The van der Waals surface area contributed by atoms with Gasteiger partial charge in [-0.25, -0.2) is 9.22 Å². The molecule has 9 nitrogen and oxygen atoms in total. The fourth-order valence-electron chi connectivity index (χ4n) is 1.79. The molecule has 4 N–H and O–H groups in total. The number of azo groups is 1. The van der Waals surface area contributed by atoms with Crippen molar-refractivity contribution in [1.82, 2.24) is 4.37 Å². The van der Waals surface area contributed by atoms with Crippen molar-refractivity contribution in [3.63, 3.8) is 0 Å². The van der Waals surface area contributed by atoms with Crippen LogP contribution in [0.5, 0.6) is 5.75 Å². The lowest BCUT2D eigenvalue weighted by molar-refractivity contribution is -0.114. The van der Waals surface area contributed by atoms with E-state index >= 15 is 0 Å². The van der Waals surface area contributed by atoms with E-state index in [1.54, 1.807) is 6.92 Å². The zero-order valence-corrected chi connectivity index (χ0v) is 13.5. The second kappa shape index (κ2) is 6.84. The van der Waals surface area contributed by atoms with E-state index in [2.05, 4.69) is 24.8 Å². The highest BCUT2D eigenvalue weighted by Crippen LogP contribution is 2.38. The number of primary amides is 1.